The number of carbonyl (C=O) groups excluding carboxylic acids is 1. The first-order valence-corrected chi connectivity index (χ1v) is 14.5. The van der Waals surface area contributed by atoms with Crippen LogP contribution in [-0.2, 0) is 11.3 Å². The topological polar surface area (TPSA) is 71.3 Å². The number of carboxylic acid groups (broad SMARTS) is 1. The number of nitrogens with one attached hydrogen (secondary N) is 1. The fraction of sp³-hybridized carbons (Fsp3) is 0.353. The summed E-state index contributed by atoms with van der Waals surface area (Å²) in [4.78, 5) is 26.2. The Bertz CT molecular complexity index is 1660. The molecule has 0 aliphatic heterocycles. The quantitative estimate of drug-likeness (QED) is 0.204. The van der Waals surface area contributed by atoms with Crippen molar-refractivity contribution in [3.8, 4) is 11.1 Å². The largest absolute Gasteiger partial charge is 0.477 e. The zero-order valence-corrected chi connectivity index (χ0v) is 28.0. The molecule has 0 spiro atoms. The van der Waals surface area contributed by atoms with Gasteiger partial charge in [0.05, 0.1) is 11.2 Å². The molecule has 0 unspecified atom stereocenters. The van der Waals surface area contributed by atoms with Gasteiger partial charge in [-0.05, 0) is 83.0 Å². The summed E-state index contributed by atoms with van der Waals surface area (Å²) in [6.07, 6.45) is 3.20. The third kappa shape index (κ3) is 7.69. The summed E-state index contributed by atoms with van der Waals surface area (Å²) in [5.74, 6) is -2.71. The van der Waals surface area contributed by atoms with Crippen molar-refractivity contribution < 1.29 is 23.5 Å². The fourth-order valence-electron chi connectivity index (χ4n) is 7.25. The van der Waals surface area contributed by atoms with E-state index >= 15 is 0 Å². The van der Waals surface area contributed by atoms with Gasteiger partial charge in [0.1, 0.15) is 11.6 Å². The van der Waals surface area contributed by atoms with Gasteiger partial charge in [-0.15, -0.1) is 0 Å². The Labute approximate surface area is 277 Å². The number of hydrogen-bond acceptors (Lipinski definition) is 2. The maximum Gasteiger partial charge on any atom is 0.354 e. The van der Waals surface area contributed by atoms with Crippen molar-refractivity contribution in [3.63, 3.8) is 0 Å². The van der Waals surface area contributed by atoms with E-state index in [0.29, 0.717) is 27.1 Å². The molecule has 43 heavy (non-hydrogen) atoms. The second-order valence-electron chi connectivity index (χ2n) is 13.2. The number of hydrogen-bond donors (Lipinski definition) is 2. The third-order valence-electron chi connectivity index (χ3n) is 8.07. The van der Waals surface area contributed by atoms with Gasteiger partial charge in [-0.2, -0.15) is 0 Å². The van der Waals surface area contributed by atoms with Crippen LogP contribution in [0.15, 0.2) is 60.7 Å². The van der Waals surface area contributed by atoms with Crippen LogP contribution >= 0.6 is 11.6 Å². The van der Waals surface area contributed by atoms with E-state index in [1.54, 1.807) is 41.0 Å². The molecule has 1 aliphatic rings. The number of nitrogens with zero attached hydrogens (tertiary/aromatic N) is 1. The van der Waals surface area contributed by atoms with Crippen LogP contribution in [0.4, 0.5) is 14.5 Å². The number of halogens is 3. The Morgan fingerprint density at radius 1 is 0.953 bits per heavy atom. The normalized spacial score (nSPS) is 16.1. The first kappa shape index (κ1) is 33.2. The molecule has 1 heterocycles. The van der Waals surface area contributed by atoms with Gasteiger partial charge in [-0.1, -0.05) is 63.6 Å². The number of carbonyl (C=O) groups is 2. The van der Waals surface area contributed by atoms with E-state index in [-0.39, 0.29) is 76.6 Å². The van der Waals surface area contributed by atoms with E-state index in [1.165, 1.54) is 12.1 Å². The Balaban J connectivity index is 0.00000423. The second kappa shape index (κ2) is 12.7. The zero-order chi connectivity index (χ0) is 30.4. The predicted octanol–water partition coefficient (Wildman–Crippen LogP) is 8.79. The van der Waals surface area contributed by atoms with Crippen molar-refractivity contribution in [2.75, 3.05) is 5.32 Å². The second-order valence-corrected chi connectivity index (χ2v) is 13.6. The minimum atomic E-state index is -1.21. The van der Waals surface area contributed by atoms with Crippen molar-refractivity contribution >= 4 is 69.6 Å². The molecule has 1 aromatic heterocycles. The van der Waals surface area contributed by atoms with Gasteiger partial charge in [-0.25, -0.2) is 13.6 Å². The van der Waals surface area contributed by atoms with E-state index in [4.69, 9.17) is 11.6 Å². The average molecular weight is 616 g/mol. The summed E-state index contributed by atoms with van der Waals surface area (Å²) in [6.45, 7) is 9.07. The van der Waals surface area contributed by atoms with Crippen molar-refractivity contribution in [3.05, 3.63) is 88.6 Å². The van der Waals surface area contributed by atoms with Gasteiger partial charge < -0.3 is 15.0 Å². The Morgan fingerprint density at radius 2 is 1.60 bits per heavy atom. The summed E-state index contributed by atoms with van der Waals surface area (Å²) in [7, 11) is 0. The van der Waals surface area contributed by atoms with Crippen LogP contribution in [0, 0.1) is 28.4 Å². The molecule has 1 fully saturated rings. The number of carboxylic acids is 1. The first-order chi connectivity index (χ1) is 19.7. The maximum absolute atomic E-state index is 14.1. The number of anilines is 1. The van der Waals surface area contributed by atoms with E-state index in [2.05, 4.69) is 33.0 Å². The summed E-state index contributed by atoms with van der Waals surface area (Å²) >= 11 is 6.22. The summed E-state index contributed by atoms with van der Waals surface area (Å²) in [5.41, 5.74) is 2.43. The van der Waals surface area contributed by atoms with Crippen LogP contribution < -0.4 is 5.32 Å². The SMILES string of the molecule is CC1(C)CC(CC(=O)Nc2c(C(=O)O)n(Cc3cccc(Cl)c3)c3cc(-c4cc(F)cc(F)c4)ccc23)CC(C)(C)C1.[Na]. The molecule has 1 radical (unpaired) electrons. The van der Waals surface area contributed by atoms with Crippen molar-refractivity contribution in [2.45, 2.75) is 59.9 Å². The fourth-order valence-corrected chi connectivity index (χ4v) is 7.47. The standard InChI is InChI=1S/C34H35ClF2N2O3.Na/c1-33(2)16-21(17-34(3,4)19-33)11-29(40)38-30-27-9-8-22(23-12-25(36)15-26(37)13-23)14-28(27)39(31(30)32(41)42)18-20-6-5-7-24(35)10-20;/h5-10,12-15,21H,11,16-19H2,1-4H3,(H,38,40)(H,41,42);. The van der Waals surface area contributed by atoms with E-state index in [9.17, 15) is 23.5 Å². The number of aromatic carboxylic acids is 1. The van der Waals surface area contributed by atoms with Crippen LogP contribution in [0.25, 0.3) is 22.0 Å². The molecule has 2 N–H and O–H groups in total. The maximum atomic E-state index is 14.1. The number of aromatic nitrogens is 1. The van der Waals surface area contributed by atoms with Crippen LogP contribution in [0.5, 0.6) is 0 Å². The zero-order valence-electron chi connectivity index (χ0n) is 25.2. The van der Waals surface area contributed by atoms with Crippen LogP contribution in [0.2, 0.25) is 5.02 Å². The Hall–Kier alpha value is -2.71. The van der Waals surface area contributed by atoms with Gasteiger partial charge in [0.15, 0.2) is 5.69 Å². The third-order valence-corrected chi connectivity index (χ3v) is 8.31. The molecule has 3 aromatic carbocycles. The minimum absolute atomic E-state index is 0. The molecule has 1 saturated carbocycles. The molecular formula is C34H35ClF2N2NaO3. The molecule has 0 saturated heterocycles. The average Bonchev–Trinajstić information content (AvgIpc) is 3.13. The number of amides is 1. The van der Waals surface area contributed by atoms with Crippen molar-refractivity contribution in [1.82, 2.24) is 4.57 Å². The number of fused-ring (bicyclic) bond motifs is 1. The van der Waals surface area contributed by atoms with Gasteiger partial charge >= 0.3 is 5.97 Å². The van der Waals surface area contributed by atoms with E-state index < -0.39 is 17.6 Å². The minimum Gasteiger partial charge on any atom is -0.477 e. The molecule has 0 atom stereocenters. The summed E-state index contributed by atoms with van der Waals surface area (Å²) in [5, 5.41) is 14.4. The molecule has 1 amide bonds. The smallest absolute Gasteiger partial charge is 0.354 e. The van der Waals surface area contributed by atoms with Crippen LogP contribution in [0.1, 0.15) is 69.4 Å². The molecule has 9 heteroatoms. The van der Waals surface area contributed by atoms with Gasteiger partial charge in [0.25, 0.3) is 0 Å². The Kier molecular flexibility index (Phi) is 9.82. The Morgan fingerprint density at radius 3 is 2.21 bits per heavy atom. The molecule has 4 aromatic rings. The monoisotopic (exact) mass is 615 g/mol. The summed E-state index contributed by atoms with van der Waals surface area (Å²) in [6, 6.07) is 15.4. The van der Waals surface area contributed by atoms with Gasteiger partial charge in [-0.3, -0.25) is 4.79 Å². The van der Waals surface area contributed by atoms with Gasteiger partial charge in [0, 0.05) is 59.0 Å². The molecule has 221 valence electrons. The number of rotatable bonds is 7. The summed E-state index contributed by atoms with van der Waals surface area (Å²) < 4.78 is 29.7. The molecule has 0 bridgehead atoms. The van der Waals surface area contributed by atoms with Crippen molar-refractivity contribution in [1.29, 1.82) is 0 Å². The van der Waals surface area contributed by atoms with E-state index in [0.717, 1.165) is 30.9 Å². The number of benzene rings is 3. The molecule has 1 aliphatic carbocycles. The van der Waals surface area contributed by atoms with Gasteiger partial charge in [0.2, 0.25) is 5.91 Å². The molecular weight excluding hydrogens is 581 g/mol. The molecule has 5 nitrogen and oxygen atoms in total. The van der Waals surface area contributed by atoms with E-state index in [1.807, 2.05) is 6.07 Å². The van der Waals surface area contributed by atoms with Crippen LogP contribution in [0.3, 0.4) is 0 Å². The molecule has 5 rings (SSSR count). The first-order valence-electron chi connectivity index (χ1n) is 14.1. The van der Waals surface area contributed by atoms with Crippen LogP contribution in [-0.4, -0.2) is 51.1 Å². The predicted molar refractivity (Wildman–Crippen MR) is 169 cm³/mol. The van der Waals surface area contributed by atoms with Crippen molar-refractivity contribution in [2.24, 2.45) is 16.7 Å².